The normalized spacial score (nSPS) is 16.3. The molecule has 1 aromatic carbocycles. The fourth-order valence-corrected chi connectivity index (χ4v) is 4.09. The zero-order valence-electron chi connectivity index (χ0n) is 13.9. The number of aromatic nitrogens is 2. The third-order valence-corrected chi connectivity index (χ3v) is 6.04. The number of amides is 1. The lowest BCUT2D eigenvalue weighted by Crippen LogP contribution is -2.50. The van der Waals surface area contributed by atoms with E-state index >= 15 is 0 Å². The maximum atomic E-state index is 12.6. The van der Waals surface area contributed by atoms with Crippen LogP contribution in [0.5, 0.6) is 0 Å². The number of hydrogen-bond donors (Lipinski definition) is 0. The van der Waals surface area contributed by atoms with Crippen molar-refractivity contribution in [3.05, 3.63) is 54.1 Å². The van der Waals surface area contributed by atoms with Crippen LogP contribution in [0.15, 0.2) is 47.8 Å². The Balaban J connectivity index is 1.69. The van der Waals surface area contributed by atoms with Crippen LogP contribution in [-0.4, -0.2) is 59.7 Å². The minimum absolute atomic E-state index is 0.0371. The van der Waals surface area contributed by atoms with E-state index in [0.717, 1.165) is 28.6 Å². The number of benzene rings is 1. The molecule has 1 amide bonds. The Bertz CT molecular complexity index is 910. The van der Waals surface area contributed by atoms with Crippen molar-refractivity contribution in [3.8, 4) is 0 Å². The maximum absolute atomic E-state index is 12.6. The molecule has 144 valence electrons. The second kappa shape index (κ2) is 7.24. The van der Waals surface area contributed by atoms with Gasteiger partial charge >= 0.3 is 6.18 Å². The van der Waals surface area contributed by atoms with Gasteiger partial charge in [-0.2, -0.15) is 17.5 Å². The van der Waals surface area contributed by atoms with Crippen LogP contribution < -0.4 is 0 Å². The van der Waals surface area contributed by atoms with Gasteiger partial charge in [-0.3, -0.25) is 9.78 Å². The van der Waals surface area contributed by atoms with Crippen molar-refractivity contribution >= 4 is 15.9 Å². The van der Waals surface area contributed by atoms with Gasteiger partial charge in [-0.05, 0) is 24.3 Å². The molecule has 1 fully saturated rings. The van der Waals surface area contributed by atoms with Gasteiger partial charge in [0.05, 0.1) is 16.7 Å². The van der Waals surface area contributed by atoms with Gasteiger partial charge in [0.25, 0.3) is 5.91 Å². The van der Waals surface area contributed by atoms with Crippen LogP contribution in [-0.2, 0) is 16.2 Å². The number of alkyl halides is 3. The fraction of sp³-hybridized carbons (Fsp3) is 0.312. The lowest BCUT2D eigenvalue weighted by Gasteiger charge is -2.33. The first kappa shape index (κ1) is 19.2. The molecule has 1 saturated heterocycles. The number of piperazine rings is 1. The molecule has 27 heavy (non-hydrogen) atoms. The summed E-state index contributed by atoms with van der Waals surface area (Å²) in [7, 11) is -3.94. The molecule has 3 rings (SSSR count). The molecule has 0 spiro atoms. The van der Waals surface area contributed by atoms with Gasteiger partial charge in [0, 0.05) is 38.6 Å². The van der Waals surface area contributed by atoms with E-state index in [1.54, 1.807) is 0 Å². The first-order valence-corrected chi connectivity index (χ1v) is 9.36. The smallest absolute Gasteiger partial charge is 0.335 e. The minimum atomic E-state index is -4.53. The Kier molecular flexibility index (Phi) is 5.16. The number of rotatable bonds is 3. The maximum Gasteiger partial charge on any atom is 0.416 e. The van der Waals surface area contributed by atoms with Gasteiger partial charge in [-0.15, -0.1) is 0 Å². The highest BCUT2D eigenvalue weighted by molar-refractivity contribution is 7.89. The van der Waals surface area contributed by atoms with Gasteiger partial charge in [-0.1, -0.05) is 0 Å². The number of hydrogen-bond acceptors (Lipinski definition) is 5. The van der Waals surface area contributed by atoms with Gasteiger partial charge in [-0.25, -0.2) is 13.4 Å². The van der Waals surface area contributed by atoms with Crippen LogP contribution in [0.1, 0.15) is 16.1 Å². The molecule has 0 N–H and O–H groups in total. The standard InChI is InChI=1S/C16H15F3N4O3S/c17-16(18,19)12-1-3-13(4-2-12)27(25,26)23-9-7-22(8-10-23)15(24)14-11-20-5-6-21-14/h1-6,11H,7-10H2. The number of sulfonamides is 1. The third kappa shape index (κ3) is 4.08. The zero-order chi connectivity index (χ0) is 19.7. The van der Waals surface area contributed by atoms with Crippen LogP contribution >= 0.6 is 0 Å². The van der Waals surface area contributed by atoms with E-state index in [0.29, 0.717) is 0 Å². The predicted molar refractivity (Wildman–Crippen MR) is 88.1 cm³/mol. The van der Waals surface area contributed by atoms with Crippen molar-refractivity contribution < 1.29 is 26.4 Å². The second-order valence-corrected chi connectivity index (χ2v) is 7.75. The summed E-state index contributed by atoms with van der Waals surface area (Å²) in [6.45, 7) is 0.370. The Morgan fingerprint density at radius 3 is 2.15 bits per heavy atom. The summed E-state index contributed by atoms with van der Waals surface area (Å²) in [6.07, 6.45) is -0.383. The van der Waals surface area contributed by atoms with E-state index in [1.165, 1.54) is 23.5 Å². The van der Waals surface area contributed by atoms with Crippen molar-refractivity contribution in [2.75, 3.05) is 26.2 Å². The van der Waals surface area contributed by atoms with Gasteiger partial charge in [0.15, 0.2) is 0 Å². The molecule has 1 aliphatic heterocycles. The monoisotopic (exact) mass is 400 g/mol. The van der Waals surface area contributed by atoms with Crippen molar-refractivity contribution in [2.45, 2.75) is 11.1 Å². The summed E-state index contributed by atoms with van der Waals surface area (Å²) in [5.74, 6) is -0.352. The molecule has 11 heteroatoms. The van der Waals surface area contributed by atoms with Crippen molar-refractivity contribution in [1.82, 2.24) is 19.2 Å². The first-order valence-electron chi connectivity index (χ1n) is 7.92. The summed E-state index contributed by atoms with van der Waals surface area (Å²) in [6, 6.07) is 3.35. The van der Waals surface area contributed by atoms with Crippen LogP contribution in [0.3, 0.4) is 0 Å². The molecule has 0 unspecified atom stereocenters. The van der Waals surface area contributed by atoms with Crippen molar-refractivity contribution in [2.24, 2.45) is 0 Å². The Hall–Kier alpha value is -2.53. The molecule has 7 nitrogen and oxygen atoms in total. The molecule has 1 aromatic heterocycles. The van der Waals surface area contributed by atoms with E-state index < -0.39 is 21.8 Å². The SMILES string of the molecule is O=C(c1cnccn1)N1CCN(S(=O)(=O)c2ccc(C(F)(F)F)cc2)CC1. The number of carbonyl (C=O) groups is 1. The molecule has 2 heterocycles. The number of halogens is 3. The Morgan fingerprint density at radius 1 is 1.00 bits per heavy atom. The van der Waals surface area contributed by atoms with Crippen LogP contribution in [0, 0.1) is 0 Å². The summed E-state index contributed by atoms with van der Waals surface area (Å²) in [4.78, 5) is 21.3. The summed E-state index contributed by atoms with van der Waals surface area (Å²) < 4.78 is 64.2. The molecule has 0 radical (unpaired) electrons. The van der Waals surface area contributed by atoms with Gasteiger partial charge in [0.2, 0.25) is 10.0 Å². The van der Waals surface area contributed by atoms with Crippen LogP contribution in [0.2, 0.25) is 0 Å². The van der Waals surface area contributed by atoms with E-state index in [4.69, 9.17) is 0 Å². The topological polar surface area (TPSA) is 83.5 Å². The molecule has 0 saturated carbocycles. The van der Waals surface area contributed by atoms with Crippen LogP contribution in [0.25, 0.3) is 0 Å². The summed E-state index contributed by atoms with van der Waals surface area (Å²) >= 11 is 0. The van der Waals surface area contributed by atoms with Crippen LogP contribution in [0.4, 0.5) is 13.2 Å². The number of nitrogens with zero attached hydrogens (tertiary/aromatic N) is 4. The van der Waals surface area contributed by atoms with E-state index in [9.17, 15) is 26.4 Å². The quantitative estimate of drug-likeness (QED) is 0.782. The molecule has 2 aromatic rings. The molecular formula is C16H15F3N4O3S. The van der Waals surface area contributed by atoms with E-state index in [1.807, 2.05) is 0 Å². The Morgan fingerprint density at radius 2 is 1.63 bits per heavy atom. The first-order chi connectivity index (χ1) is 12.7. The zero-order valence-corrected chi connectivity index (χ0v) is 14.7. The molecule has 0 bridgehead atoms. The largest absolute Gasteiger partial charge is 0.416 e. The van der Waals surface area contributed by atoms with E-state index in [-0.39, 0.29) is 42.7 Å². The van der Waals surface area contributed by atoms with Gasteiger partial charge in [0.1, 0.15) is 5.69 Å². The lowest BCUT2D eigenvalue weighted by molar-refractivity contribution is -0.137. The second-order valence-electron chi connectivity index (χ2n) is 5.81. The average Bonchev–Trinajstić information content (AvgIpc) is 2.67. The Labute approximate surface area is 153 Å². The summed E-state index contributed by atoms with van der Waals surface area (Å²) in [5, 5.41) is 0. The average molecular weight is 400 g/mol. The van der Waals surface area contributed by atoms with E-state index in [2.05, 4.69) is 9.97 Å². The van der Waals surface area contributed by atoms with Gasteiger partial charge < -0.3 is 4.90 Å². The predicted octanol–water partition coefficient (Wildman–Crippen LogP) is 1.64. The number of carbonyl (C=O) groups excluding carboxylic acids is 1. The highest BCUT2D eigenvalue weighted by atomic mass is 32.2. The molecular weight excluding hydrogens is 385 g/mol. The molecule has 1 aliphatic rings. The molecule has 0 aliphatic carbocycles. The highest BCUT2D eigenvalue weighted by Gasteiger charge is 2.33. The minimum Gasteiger partial charge on any atom is -0.335 e. The molecule has 0 atom stereocenters. The van der Waals surface area contributed by atoms with Crippen molar-refractivity contribution in [1.29, 1.82) is 0 Å². The lowest BCUT2D eigenvalue weighted by atomic mass is 10.2. The fourth-order valence-electron chi connectivity index (χ4n) is 2.67. The summed E-state index contributed by atoms with van der Waals surface area (Å²) in [5.41, 5.74) is -0.752. The third-order valence-electron chi connectivity index (χ3n) is 4.13. The van der Waals surface area contributed by atoms with Crippen molar-refractivity contribution in [3.63, 3.8) is 0 Å². The highest BCUT2D eigenvalue weighted by Crippen LogP contribution is 2.30.